The third-order valence-electron chi connectivity index (χ3n) is 3.09. The summed E-state index contributed by atoms with van der Waals surface area (Å²) in [5, 5.41) is 8.17. The van der Waals surface area contributed by atoms with E-state index in [0.717, 1.165) is 0 Å². The van der Waals surface area contributed by atoms with Gasteiger partial charge in [-0.1, -0.05) is 0 Å². The predicted molar refractivity (Wildman–Crippen MR) is 70.2 cm³/mol. The molecular formula is C12H8FN7. The molecule has 20 heavy (non-hydrogen) atoms. The number of nitrogens with two attached hydrogens (primary N) is 1. The van der Waals surface area contributed by atoms with Gasteiger partial charge in [-0.05, 0) is 18.2 Å². The largest absolute Gasteiger partial charge is 0.398 e. The SMILES string of the molecule is Nc1ccc(F)cc1-c1nnc2c3[nH]cnc3ncn12. The Balaban J connectivity index is 2.07. The minimum Gasteiger partial charge on any atom is -0.398 e. The van der Waals surface area contributed by atoms with Crippen LogP contribution in [-0.4, -0.2) is 29.5 Å². The first-order valence-electron chi connectivity index (χ1n) is 5.82. The van der Waals surface area contributed by atoms with E-state index in [-0.39, 0.29) is 5.82 Å². The molecule has 3 N–H and O–H groups in total. The van der Waals surface area contributed by atoms with Crippen LogP contribution in [-0.2, 0) is 0 Å². The van der Waals surface area contributed by atoms with Crippen molar-refractivity contribution in [3.05, 3.63) is 36.7 Å². The average Bonchev–Trinajstić information content (AvgIpc) is 3.06. The van der Waals surface area contributed by atoms with Crippen molar-refractivity contribution < 1.29 is 4.39 Å². The topological polar surface area (TPSA) is 97.8 Å². The summed E-state index contributed by atoms with van der Waals surface area (Å²) in [6.07, 6.45) is 3.07. The normalized spacial score (nSPS) is 11.4. The second-order valence-electron chi connectivity index (χ2n) is 4.29. The molecule has 98 valence electrons. The van der Waals surface area contributed by atoms with Crippen molar-refractivity contribution in [3.63, 3.8) is 0 Å². The van der Waals surface area contributed by atoms with Crippen LogP contribution in [0.25, 0.3) is 28.2 Å². The summed E-state index contributed by atoms with van der Waals surface area (Å²) in [6, 6.07) is 4.12. The smallest absolute Gasteiger partial charge is 0.190 e. The highest BCUT2D eigenvalue weighted by Gasteiger charge is 2.15. The van der Waals surface area contributed by atoms with Gasteiger partial charge < -0.3 is 10.7 Å². The van der Waals surface area contributed by atoms with E-state index in [0.29, 0.717) is 33.9 Å². The van der Waals surface area contributed by atoms with Crippen LogP contribution >= 0.6 is 0 Å². The van der Waals surface area contributed by atoms with Crippen LogP contribution in [0.4, 0.5) is 10.1 Å². The van der Waals surface area contributed by atoms with Crippen molar-refractivity contribution in [2.45, 2.75) is 0 Å². The molecule has 0 aliphatic heterocycles. The quantitative estimate of drug-likeness (QED) is 0.509. The first-order valence-corrected chi connectivity index (χ1v) is 5.82. The van der Waals surface area contributed by atoms with Gasteiger partial charge in [-0.2, -0.15) is 0 Å². The average molecular weight is 269 g/mol. The first kappa shape index (κ1) is 10.9. The molecule has 0 bridgehead atoms. The molecule has 7 nitrogen and oxygen atoms in total. The summed E-state index contributed by atoms with van der Waals surface area (Å²) in [5.41, 5.74) is 8.54. The first-order chi connectivity index (χ1) is 9.74. The van der Waals surface area contributed by atoms with E-state index < -0.39 is 0 Å². The number of nitrogens with one attached hydrogen (secondary N) is 1. The molecule has 0 aliphatic rings. The maximum absolute atomic E-state index is 13.4. The van der Waals surface area contributed by atoms with Crippen LogP contribution in [0.2, 0.25) is 0 Å². The Morgan fingerprint density at radius 1 is 1.20 bits per heavy atom. The monoisotopic (exact) mass is 269 g/mol. The van der Waals surface area contributed by atoms with Crippen molar-refractivity contribution in [2.75, 3.05) is 5.73 Å². The molecule has 0 radical (unpaired) electrons. The van der Waals surface area contributed by atoms with Crippen molar-refractivity contribution in [2.24, 2.45) is 0 Å². The molecule has 0 saturated carbocycles. The van der Waals surface area contributed by atoms with Gasteiger partial charge in [0, 0.05) is 11.3 Å². The van der Waals surface area contributed by atoms with Gasteiger partial charge in [0.2, 0.25) is 0 Å². The molecule has 1 aromatic carbocycles. The van der Waals surface area contributed by atoms with Gasteiger partial charge >= 0.3 is 0 Å². The van der Waals surface area contributed by atoms with Gasteiger partial charge in [0.05, 0.1) is 6.33 Å². The van der Waals surface area contributed by atoms with E-state index in [4.69, 9.17) is 5.73 Å². The Labute approximate surface area is 111 Å². The third-order valence-corrected chi connectivity index (χ3v) is 3.09. The fraction of sp³-hybridized carbons (Fsp3) is 0. The lowest BCUT2D eigenvalue weighted by Gasteiger charge is -2.03. The number of rotatable bonds is 1. The zero-order chi connectivity index (χ0) is 13.7. The summed E-state index contributed by atoms with van der Waals surface area (Å²) in [5.74, 6) is 0.0440. The molecule has 0 unspecified atom stereocenters. The molecule has 0 saturated heterocycles. The van der Waals surface area contributed by atoms with Crippen molar-refractivity contribution in [1.29, 1.82) is 0 Å². The molecule has 0 spiro atoms. The number of H-pyrrole nitrogens is 1. The summed E-state index contributed by atoms with van der Waals surface area (Å²) in [4.78, 5) is 11.2. The number of hydrogen-bond donors (Lipinski definition) is 2. The number of imidazole rings is 1. The second kappa shape index (κ2) is 3.73. The number of nitrogens with zero attached hydrogens (tertiary/aromatic N) is 5. The van der Waals surface area contributed by atoms with E-state index >= 15 is 0 Å². The molecule has 0 amide bonds. The van der Waals surface area contributed by atoms with Crippen LogP contribution in [0.3, 0.4) is 0 Å². The molecule has 4 aromatic rings. The number of nitrogen functional groups attached to an aromatic ring is 1. The van der Waals surface area contributed by atoms with Crippen LogP contribution in [0, 0.1) is 5.82 Å². The van der Waals surface area contributed by atoms with Crippen LogP contribution in [0.5, 0.6) is 0 Å². The third kappa shape index (κ3) is 1.38. The van der Waals surface area contributed by atoms with E-state index in [9.17, 15) is 4.39 Å². The molecule has 3 aromatic heterocycles. The fourth-order valence-corrected chi connectivity index (χ4v) is 2.14. The van der Waals surface area contributed by atoms with Gasteiger partial charge in [0.25, 0.3) is 0 Å². The lowest BCUT2D eigenvalue weighted by atomic mass is 10.1. The summed E-state index contributed by atoms with van der Waals surface area (Å²) < 4.78 is 15.0. The molecule has 0 atom stereocenters. The Kier molecular flexibility index (Phi) is 2.02. The highest BCUT2D eigenvalue weighted by Crippen LogP contribution is 2.26. The maximum Gasteiger partial charge on any atom is 0.190 e. The van der Waals surface area contributed by atoms with Gasteiger partial charge in [-0.3, -0.25) is 4.40 Å². The van der Waals surface area contributed by atoms with Crippen LogP contribution < -0.4 is 5.73 Å². The number of aromatic amines is 1. The molecule has 4 rings (SSSR count). The van der Waals surface area contributed by atoms with Crippen LogP contribution in [0.15, 0.2) is 30.9 Å². The van der Waals surface area contributed by atoms with E-state index in [2.05, 4.69) is 25.1 Å². The van der Waals surface area contributed by atoms with E-state index in [1.807, 2.05) is 0 Å². The number of fused-ring (bicyclic) bond motifs is 3. The maximum atomic E-state index is 13.4. The minimum atomic E-state index is -0.387. The van der Waals surface area contributed by atoms with Gasteiger partial charge in [-0.25, -0.2) is 14.4 Å². The summed E-state index contributed by atoms with van der Waals surface area (Å²) in [6.45, 7) is 0. The van der Waals surface area contributed by atoms with Crippen molar-refractivity contribution in [3.8, 4) is 11.4 Å². The van der Waals surface area contributed by atoms with E-state index in [1.54, 1.807) is 4.40 Å². The number of benzene rings is 1. The van der Waals surface area contributed by atoms with Crippen molar-refractivity contribution >= 4 is 22.5 Å². The van der Waals surface area contributed by atoms with Gasteiger partial charge in [-0.15, -0.1) is 10.2 Å². The number of aromatic nitrogens is 6. The Bertz CT molecular complexity index is 939. The number of hydrogen-bond acceptors (Lipinski definition) is 5. The highest BCUT2D eigenvalue weighted by atomic mass is 19.1. The minimum absolute atomic E-state index is 0.387. The molecule has 0 fully saturated rings. The fourth-order valence-electron chi connectivity index (χ4n) is 2.14. The molecular weight excluding hydrogens is 261 g/mol. The highest BCUT2D eigenvalue weighted by molar-refractivity contribution is 5.86. The van der Waals surface area contributed by atoms with Gasteiger partial charge in [0.1, 0.15) is 17.7 Å². The summed E-state index contributed by atoms with van der Waals surface area (Å²) in [7, 11) is 0. The lowest BCUT2D eigenvalue weighted by Crippen LogP contribution is -1.96. The van der Waals surface area contributed by atoms with E-state index in [1.165, 1.54) is 30.9 Å². The Morgan fingerprint density at radius 3 is 3.00 bits per heavy atom. The Morgan fingerprint density at radius 2 is 2.10 bits per heavy atom. The zero-order valence-corrected chi connectivity index (χ0v) is 10.1. The van der Waals surface area contributed by atoms with Gasteiger partial charge in [0.15, 0.2) is 17.1 Å². The zero-order valence-electron chi connectivity index (χ0n) is 10.1. The molecule has 0 aliphatic carbocycles. The number of halogens is 1. The van der Waals surface area contributed by atoms with Crippen molar-refractivity contribution in [1.82, 2.24) is 29.5 Å². The number of anilines is 1. The second-order valence-corrected chi connectivity index (χ2v) is 4.29. The summed E-state index contributed by atoms with van der Waals surface area (Å²) >= 11 is 0. The molecule has 8 heteroatoms. The standard InChI is InChI=1S/C12H8FN7/c13-6-1-2-8(14)7(3-6)11-18-19-12-9-10(16-4-15-9)17-5-20(11)12/h1-5H,14H2,(H,15,16). The Hall–Kier alpha value is -3.03. The predicted octanol–water partition coefficient (Wildman–Crippen LogP) is 1.39. The lowest BCUT2D eigenvalue weighted by molar-refractivity contribution is 0.628. The molecule has 3 heterocycles. The van der Waals surface area contributed by atoms with Crippen LogP contribution in [0.1, 0.15) is 0 Å².